The smallest absolute Gasteiger partial charge is 0.230 e. The molecule has 1 rings (SSSR count). The van der Waals surface area contributed by atoms with Crippen LogP contribution >= 0.6 is 0 Å². The number of hydrogen-bond acceptors (Lipinski definition) is 4. The Morgan fingerprint density at radius 1 is 1.45 bits per heavy atom. The quantitative estimate of drug-likeness (QED) is 0.283. The summed E-state index contributed by atoms with van der Waals surface area (Å²) in [5.74, 6) is -0.685. The van der Waals surface area contributed by atoms with Crippen molar-refractivity contribution < 1.29 is 10.0 Å². The first-order chi connectivity index (χ1) is 9.46. The Hall–Kier alpha value is -1.30. The maximum absolute atomic E-state index is 12.3. The molecule has 0 bridgehead atoms. The van der Waals surface area contributed by atoms with Gasteiger partial charge in [-0.1, -0.05) is 31.3 Å². The molecule has 0 heterocycles. The van der Waals surface area contributed by atoms with E-state index < -0.39 is 5.92 Å². The number of carbonyl (C=O) groups is 1. The molecular formula is C14H28N4O2. The maximum Gasteiger partial charge on any atom is 0.230 e. The Labute approximate surface area is 121 Å². The van der Waals surface area contributed by atoms with Crippen LogP contribution in [0.5, 0.6) is 0 Å². The standard InChI is InChI=1S/C14H28N4O2/c1-4-7-11(12(15)17-20)13(19)16-10-14(18(2)3)8-5-6-9-14/h11,20H,4-10H2,1-3H3,(H2,15,17)(H,16,19). The first kappa shape index (κ1) is 16.8. The Morgan fingerprint density at radius 2 is 2.05 bits per heavy atom. The molecule has 6 heteroatoms. The van der Waals surface area contributed by atoms with Gasteiger partial charge in [0.1, 0.15) is 0 Å². The van der Waals surface area contributed by atoms with Crippen molar-refractivity contribution in [1.29, 1.82) is 0 Å². The van der Waals surface area contributed by atoms with Crippen LogP contribution in [0.2, 0.25) is 0 Å². The molecule has 0 aromatic heterocycles. The third-order valence-electron chi connectivity index (χ3n) is 4.44. The average molecular weight is 284 g/mol. The Bertz CT molecular complexity index is 349. The minimum absolute atomic E-state index is 0.00493. The zero-order chi connectivity index (χ0) is 15.2. The number of rotatable bonds is 7. The van der Waals surface area contributed by atoms with E-state index in [1.54, 1.807) is 0 Å². The van der Waals surface area contributed by atoms with Crippen molar-refractivity contribution in [3.63, 3.8) is 0 Å². The van der Waals surface area contributed by atoms with E-state index in [1.807, 2.05) is 6.92 Å². The monoisotopic (exact) mass is 284 g/mol. The first-order valence-corrected chi connectivity index (χ1v) is 7.39. The fourth-order valence-electron chi connectivity index (χ4n) is 2.96. The molecule has 0 radical (unpaired) electrons. The number of nitrogens with one attached hydrogen (secondary N) is 1. The molecule has 116 valence electrons. The van der Waals surface area contributed by atoms with Crippen molar-refractivity contribution in [2.24, 2.45) is 16.8 Å². The number of oxime groups is 1. The van der Waals surface area contributed by atoms with E-state index in [0.717, 1.165) is 19.3 Å². The Morgan fingerprint density at radius 3 is 2.50 bits per heavy atom. The van der Waals surface area contributed by atoms with Crippen LogP contribution in [0.1, 0.15) is 45.4 Å². The predicted octanol–water partition coefficient (Wildman–Crippen LogP) is 1.14. The minimum Gasteiger partial charge on any atom is -0.409 e. The van der Waals surface area contributed by atoms with Crippen LogP contribution < -0.4 is 11.1 Å². The molecule has 1 saturated carbocycles. The number of amidine groups is 1. The average Bonchev–Trinajstić information content (AvgIpc) is 2.91. The fraction of sp³-hybridized carbons (Fsp3) is 0.857. The SMILES string of the molecule is CCCC(C(=O)NCC1(N(C)C)CCCC1)C(N)=NO. The van der Waals surface area contributed by atoms with E-state index in [1.165, 1.54) is 12.8 Å². The van der Waals surface area contributed by atoms with Gasteiger partial charge in [-0.05, 0) is 33.4 Å². The molecule has 0 spiro atoms. The van der Waals surface area contributed by atoms with Gasteiger partial charge in [-0.15, -0.1) is 0 Å². The highest BCUT2D eigenvalue weighted by Crippen LogP contribution is 2.33. The summed E-state index contributed by atoms with van der Waals surface area (Å²) in [6, 6.07) is 0. The summed E-state index contributed by atoms with van der Waals surface area (Å²) >= 11 is 0. The number of carbonyl (C=O) groups excluding carboxylic acids is 1. The summed E-state index contributed by atoms with van der Waals surface area (Å²) < 4.78 is 0. The molecule has 1 aliphatic carbocycles. The molecule has 1 amide bonds. The van der Waals surface area contributed by atoms with E-state index >= 15 is 0 Å². The summed E-state index contributed by atoms with van der Waals surface area (Å²) in [6.07, 6.45) is 6.01. The molecule has 6 nitrogen and oxygen atoms in total. The zero-order valence-electron chi connectivity index (χ0n) is 12.9. The molecular weight excluding hydrogens is 256 g/mol. The fourth-order valence-corrected chi connectivity index (χ4v) is 2.96. The van der Waals surface area contributed by atoms with Crippen molar-refractivity contribution in [2.75, 3.05) is 20.6 Å². The maximum atomic E-state index is 12.3. The van der Waals surface area contributed by atoms with E-state index in [2.05, 4.69) is 29.5 Å². The van der Waals surface area contributed by atoms with Gasteiger partial charge in [-0.25, -0.2) is 0 Å². The lowest BCUT2D eigenvalue weighted by Gasteiger charge is -2.36. The molecule has 0 aromatic rings. The highest BCUT2D eigenvalue weighted by atomic mass is 16.4. The summed E-state index contributed by atoms with van der Waals surface area (Å²) in [7, 11) is 4.12. The van der Waals surface area contributed by atoms with Crippen molar-refractivity contribution in [1.82, 2.24) is 10.2 Å². The second-order valence-electron chi connectivity index (χ2n) is 5.91. The van der Waals surface area contributed by atoms with Crippen molar-refractivity contribution in [2.45, 2.75) is 51.0 Å². The lowest BCUT2D eigenvalue weighted by atomic mass is 9.95. The molecule has 1 atom stereocenters. The van der Waals surface area contributed by atoms with E-state index in [-0.39, 0.29) is 17.3 Å². The number of amides is 1. The van der Waals surface area contributed by atoms with Crippen molar-refractivity contribution >= 4 is 11.7 Å². The molecule has 4 N–H and O–H groups in total. The summed E-state index contributed by atoms with van der Waals surface area (Å²) in [6.45, 7) is 2.60. The molecule has 0 aromatic carbocycles. The van der Waals surface area contributed by atoms with Gasteiger partial charge in [0.05, 0.1) is 5.92 Å². The third-order valence-corrected chi connectivity index (χ3v) is 4.44. The summed E-state index contributed by atoms with van der Waals surface area (Å²) in [5, 5.41) is 14.8. The van der Waals surface area contributed by atoms with E-state index in [0.29, 0.717) is 13.0 Å². The number of nitrogens with two attached hydrogens (primary N) is 1. The van der Waals surface area contributed by atoms with E-state index in [9.17, 15) is 4.79 Å². The third kappa shape index (κ3) is 3.85. The molecule has 20 heavy (non-hydrogen) atoms. The van der Waals surface area contributed by atoms with Crippen LogP contribution in [0.4, 0.5) is 0 Å². The van der Waals surface area contributed by atoms with Gasteiger partial charge >= 0.3 is 0 Å². The predicted molar refractivity (Wildman–Crippen MR) is 79.7 cm³/mol. The van der Waals surface area contributed by atoms with Gasteiger partial charge in [0, 0.05) is 12.1 Å². The lowest BCUT2D eigenvalue weighted by molar-refractivity contribution is -0.123. The summed E-state index contributed by atoms with van der Waals surface area (Å²) in [5.41, 5.74) is 5.66. The van der Waals surface area contributed by atoms with Crippen molar-refractivity contribution in [3.05, 3.63) is 0 Å². The van der Waals surface area contributed by atoms with Crippen LogP contribution in [-0.4, -0.2) is 48.0 Å². The van der Waals surface area contributed by atoms with Crippen LogP contribution in [0.15, 0.2) is 5.16 Å². The highest BCUT2D eigenvalue weighted by Gasteiger charge is 2.36. The van der Waals surface area contributed by atoms with Crippen LogP contribution in [0.3, 0.4) is 0 Å². The minimum atomic E-state index is -0.536. The lowest BCUT2D eigenvalue weighted by Crippen LogP contribution is -2.52. The van der Waals surface area contributed by atoms with E-state index in [4.69, 9.17) is 10.9 Å². The number of hydrogen-bond donors (Lipinski definition) is 3. The Balaban J connectivity index is 2.64. The highest BCUT2D eigenvalue weighted by molar-refractivity contribution is 6.02. The molecule has 0 aliphatic heterocycles. The zero-order valence-corrected chi connectivity index (χ0v) is 12.9. The largest absolute Gasteiger partial charge is 0.409 e. The second kappa shape index (κ2) is 7.47. The van der Waals surface area contributed by atoms with Crippen LogP contribution in [0, 0.1) is 5.92 Å². The second-order valence-corrected chi connectivity index (χ2v) is 5.91. The van der Waals surface area contributed by atoms with Gasteiger partial charge in [0.15, 0.2) is 5.84 Å². The molecule has 0 saturated heterocycles. The van der Waals surface area contributed by atoms with Crippen molar-refractivity contribution in [3.8, 4) is 0 Å². The van der Waals surface area contributed by atoms with Gasteiger partial charge in [0.2, 0.25) is 5.91 Å². The van der Waals surface area contributed by atoms with Gasteiger partial charge in [-0.2, -0.15) is 0 Å². The number of nitrogens with zero attached hydrogens (tertiary/aromatic N) is 2. The molecule has 1 fully saturated rings. The summed E-state index contributed by atoms with van der Waals surface area (Å²) in [4.78, 5) is 14.5. The van der Waals surface area contributed by atoms with Gasteiger partial charge in [-0.3, -0.25) is 4.79 Å². The van der Waals surface area contributed by atoms with Crippen LogP contribution in [-0.2, 0) is 4.79 Å². The van der Waals surface area contributed by atoms with Crippen LogP contribution in [0.25, 0.3) is 0 Å². The topological polar surface area (TPSA) is 91.0 Å². The van der Waals surface area contributed by atoms with Gasteiger partial charge in [0.25, 0.3) is 0 Å². The number of likely N-dealkylation sites (N-methyl/N-ethyl adjacent to an activating group) is 1. The Kier molecular flexibility index (Phi) is 6.26. The van der Waals surface area contributed by atoms with Gasteiger partial charge < -0.3 is 21.2 Å². The normalized spacial score (nSPS) is 20.1. The molecule has 1 aliphatic rings. The first-order valence-electron chi connectivity index (χ1n) is 7.39. The molecule has 1 unspecified atom stereocenters.